The van der Waals surface area contributed by atoms with Gasteiger partial charge in [-0.15, -0.1) is 11.3 Å². The molecule has 0 atom stereocenters. The second kappa shape index (κ2) is 4.23. The van der Waals surface area contributed by atoms with Crippen molar-refractivity contribution in [3.05, 3.63) is 39.4 Å². The molecule has 3 nitrogen and oxygen atoms in total. The Morgan fingerprint density at radius 1 is 1.44 bits per heavy atom. The van der Waals surface area contributed by atoms with Crippen LogP contribution in [0.25, 0.3) is 10.1 Å². The molecule has 0 aliphatic carbocycles. The molecular weight excluding hydrogens is 222 g/mol. The molecule has 1 heterocycles. The lowest BCUT2D eigenvalue weighted by atomic mass is 10.2. The van der Waals surface area contributed by atoms with Crippen molar-refractivity contribution in [2.24, 2.45) is 0 Å². The lowest BCUT2D eigenvalue weighted by molar-refractivity contribution is 0.260. The van der Waals surface area contributed by atoms with E-state index in [9.17, 15) is 10.0 Å². The van der Waals surface area contributed by atoms with Crippen molar-refractivity contribution in [1.29, 1.82) is 0 Å². The van der Waals surface area contributed by atoms with Gasteiger partial charge in [0.25, 0.3) is 0 Å². The lowest BCUT2D eigenvalue weighted by Gasteiger charge is -2.13. The number of nitrogens with zero attached hydrogens (tertiary/aromatic N) is 1. The molecule has 4 heteroatoms. The lowest BCUT2D eigenvalue weighted by Crippen LogP contribution is -2.23. The van der Waals surface area contributed by atoms with Crippen LogP contribution in [0.3, 0.4) is 0 Å². The molecule has 2 rings (SSSR count). The largest absolute Gasteiger partial charge is 0.288 e. The molecule has 2 aromatic rings. The normalized spacial score (nSPS) is 10.7. The Morgan fingerprint density at radius 3 is 2.88 bits per heavy atom. The van der Waals surface area contributed by atoms with Gasteiger partial charge in [0.1, 0.15) is 5.69 Å². The summed E-state index contributed by atoms with van der Waals surface area (Å²) in [6.07, 6.45) is 0. The second-order valence-corrected chi connectivity index (χ2v) is 4.58. The van der Waals surface area contributed by atoms with Crippen molar-refractivity contribution in [3.63, 3.8) is 0 Å². The van der Waals surface area contributed by atoms with Crippen LogP contribution in [-0.2, 0) is 0 Å². The van der Waals surface area contributed by atoms with Gasteiger partial charge in [0.05, 0.1) is 0 Å². The zero-order valence-electron chi connectivity index (χ0n) is 9.23. The molecular formula is C12H13NO2S. The van der Waals surface area contributed by atoms with Gasteiger partial charge in [0.15, 0.2) is 0 Å². The molecule has 0 bridgehead atoms. The van der Waals surface area contributed by atoms with Crippen molar-refractivity contribution >= 4 is 27.1 Å². The molecule has 0 aliphatic heterocycles. The summed E-state index contributed by atoms with van der Waals surface area (Å²) in [5.74, 6) is 0. The highest BCUT2D eigenvalue weighted by Gasteiger charge is 2.09. The summed E-state index contributed by atoms with van der Waals surface area (Å²) in [5.41, 5.74) is 1.29. The zero-order valence-corrected chi connectivity index (χ0v) is 10.0. The van der Waals surface area contributed by atoms with Gasteiger partial charge < -0.3 is 0 Å². The Morgan fingerprint density at radius 2 is 2.19 bits per heavy atom. The fourth-order valence-corrected chi connectivity index (χ4v) is 2.48. The zero-order chi connectivity index (χ0) is 11.7. The van der Waals surface area contributed by atoms with E-state index in [1.807, 2.05) is 25.1 Å². The SMILES string of the molecule is CCN(O)c1csc2ccc(C)cc2c1=O. The third kappa shape index (κ3) is 1.81. The first kappa shape index (κ1) is 11.1. The molecule has 0 amide bonds. The molecule has 0 spiro atoms. The fourth-order valence-electron chi connectivity index (χ4n) is 1.58. The second-order valence-electron chi connectivity index (χ2n) is 3.67. The van der Waals surface area contributed by atoms with Crippen LogP contribution in [0.15, 0.2) is 28.4 Å². The van der Waals surface area contributed by atoms with Gasteiger partial charge in [0.2, 0.25) is 5.43 Å². The number of aryl methyl sites for hydroxylation is 1. The minimum absolute atomic E-state index is 0.109. The average molecular weight is 235 g/mol. The highest BCUT2D eigenvalue weighted by molar-refractivity contribution is 7.16. The van der Waals surface area contributed by atoms with E-state index in [4.69, 9.17) is 0 Å². The molecule has 0 saturated heterocycles. The van der Waals surface area contributed by atoms with E-state index in [2.05, 4.69) is 0 Å². The molecule has 1 N–H and O–H groups in total. The van der Waals surface area contributed by atoms with Gasteiger partial charge in [0, 0.05) is 22.0 Å². The van der Waals surface area contributed by atoms with Gasteiger partial charge in [-0.1, -0.05) is 11.6 Å². The molecule has 0 aliphatic rings. The Kier molecular flexibility index (Phi) is 2.94. The van der Waals surface area contributed by atoms with Crippen LogP contribution < -0.4 is 10.5 Å². The molecule has 0 fully saturated rings. The third-order valence-electron chi connectivity index (χ3n) is 2.49. The molecule has 0 radical (unpaired) electrons. The van der Waals surface area contributed by atoms with E-state index in [-0.39, 0.29) is 5.43 Å². The van der Waals surface area contributed by atoms with Gasteiger partial charge >= 0.3 is 0 Å². The summed E-state index contributed by atoms with van der Waals surface area (Å²) >= 11 is 1.47. The Labute approximate surface area is 97.5 Å². The first-order valence-corrected chi connectivity index (χ1v) is 6.00. The molecule has 0 saturated carbocycles. The molecule has 1 aromatic carbocycles. The van der Waals surface area contributed by atoms with Gasteiger partial charge in [-0.2, -0.15) is 0 Å². The summed E-state index contributed by atoms with van der Waals surface area (Å²) in [5, 5.41) is 12.9. The Hall–Kier alpha value is -1.39. The predicted octanol–water partition coefficient (Wildman–Crippen LogP) is 2.79. The monoisotopic (exact) mass is 235 g/mol. The number of hydroxylamine groups is 1. The number of benzene rings is 1. The average Bonchev–Trinajstić information content (AvgIpc) is 2.29. The number of fused-ring (bicyclic) bond motifs is 1. The van der Waals surface area contributed by atoms with Crippen molar-refractivity contribution in [3.8, 4) is 0 Å². The highest BCUT2D eigenvalue weighted by atomic mass is 32.1. The predicted molar refractivity (Wildman–Crippen MR) is 67.6 cm³/mol. The Bertz CT molecular complexity index is 577. The van der Waals surface area contributed by atoms with E-state index in [0.717, 1.165) is 15.3 Å². The first-order chi connectivity index (χ1) is 7.63. The summed E-state index contributed by atoms with van der Waals surface area (Å²) in [6.45, 7) is 4.15. The maximum absolute atomic E-state index is 12.1. The standard InChI is InChI=1S/C12H13NO2S/c1-3-13(15)10-7-16-11-5-4-8(2)6-9(11)12(10)14/h4-7,15H,3H2,1-2H3. The van der Waals surface area contributed by atoms with Crippen LogP contribution in [-0.4, -0.2) is 11.8 Å². The molecule has 16 heavy (non-hydrogen) atoms. The number of rotatable bonds is 2. The van der Waals surface area contributed by atoms with Crippen LogP contribution in [0.5, 0.6) is 0 Å². The van der Waals surface area contributed by atoms with Crippen LogP contribution >= 0.6 is 11.3 Å². The van der Waals surface area contributed by atoms with Crippen LogP contribution in [0.4, 0.5) is 5.69 Å². The molecule has 0 unspecified atom stereocenters. The third-order valence-corrected chi connectivity index (χ3v) is 3.44. The maximum Gasteiger partial charge on any atom is 0.213 e. The van der Waals surface area contributed by atoms with Crippen LogP contribution in [0, 0.1) is 6.92 Å². The van der Waals surface area contributed by atoms with E-state index < -0.39 is 0 Å². The summed E-state index contributed by atoms with van der Waals surface area (Å²) in [6, 6.07) is 5.78. The number of anilines is 1. The van der Waals surface area contributed by atoms with Gasteiger partial charge in [-0.3, -0.25) is 15.1 Å². The van der Waals surface area contributed by atoms with Crippen LogP contribution in [0.1, 0.15) is 12.5 Å². The minimum Gasteiger partial charge on any atom is -0.288 e. The summed E-state index contributed by atoms with van der Waals surface area (Å²) < 4.78 is 0.948. The highest BCUT2D eigenvalue weighted by Crippen LogP contribution is 2.21. The smallest absolute Gasteiger partial charge is 0.213 e. The van der Waals surface area contributed by atoms with Crippen molar-refractivity contribution in [2.45, 2.75) is 13.8 Å². The van der Waals surface area contributed by atoms with E-state index in [0.29, 0.717) is 17.6 Å². The van der Waals surface area contributed by atoms with Crippen molar-refractivity contribution in [2.75, 3.05) is 11.6 Å². The van der Waals surface area contributed by atoms with Gasteiger partial charge in [-0.25, -0.2) is 0 Å². The topological polar surface area (TPSA) is 40.5 Å². The first-order valence-electron chi connectivity index (χ1n) is 5.12. The van der Waals surface area contributed by atoms with Crippen LogP contribution in [0.2, 0.25) is 0 Å². The number of hydrogen-bond acceptors (Lipinski definition) is 4. The van der Waals surface area contributed by atoms with Crippen molar-refractivity contribution in [1.82, 2.24) is 0 Å². The quantitative estimate of drug-likeness (QED) is 0.814. The minimum atomic E-state index is -0.109. The summed E-state index contributed by atoms with van der Waals surface area (Å²) in [7, 11) is 0. The maximum atomic E-state index is 12.1. The molecule has 1 aromatic heterocycles. The Balaban J connectivity index is 2.73. The van der Waals surface area contributed by atoms with E-state index >= 15 is 0 Å². The van der Waals surface area contributed by atoms with E-state index in [1.165, 1.54) is 11.3 Å². The fraction of sp³-hybridized carbons (Fsp3) is 0.250. The number of hydrogen-bond donors (Lipinski definition) is 1. The molecule has 84 valence electrons. The summed E-state index contributed by atoms with van der Waals surface area (Å²) in [4.78, 5) is 12.1. The van der Waals surface area contributed by atoms with E-state index in [1.54, 1.807) is 12.3 Å². The van der Waals surface area contributed by atoms with Gasteiger partial charge in [-0.05, 0) is 26.0 Å². The van der Waals surface area contributed by atoms with Crippen molar-refractivity contribution < 1.29 is 5.21 Å².